The molecule has 0 spiro atoms. The first-order chi connectivity index (χ1) is 7.13. The number of rotatable bonds is 2. The van der Waals surface area contributed by atoms with E-state index in [0.717, 1.165) is 0 Å². The molecule has 0 radical (unpaired) electrons. The molecule has 1 aromatic rings. The lowest BCUT2D eigenvalue weighted by molar-refractivity contribution is 0.171. The van der Waals surface area contributed by atoms with Gasteiger partial charge in [-0.3, -0.25) is 0 Å². The number of nitrogens with zero attached hydrogens (tertiary/aromatic N) is 1. The smallest absolute Gasteiger partial charge is 0.427 e. The molecule has 6 heteroatoms. The van der Waals surface area contributed by atoms with Gasteiger partial charge in [0.2, 0.25) is 0 Å². The fraction of sp³-hybridized carbons (Fsp3) is 0.111. The summed E-state index contributed by atoms with van der Waals surface area (Å²) in [6, 6.07) is 4.01. The van der Waals surface area contributed by atoms with Crippen LogP contribution in [0.25, 0.3) is 0 Å². The molecule has 1 rings (SSSR count). The van der Waals surface area contributed by atoms with Crippen molar-refractivity contribution < 1.29 is 19.7 Å². The summed E-state index contributed by atoms with van der Waals surface area (Å²) in [6.45, 7) is 0. The number of phenols is 2. The summed E-state index contributed by atoms with van der Waals surface area (Å²) in [7, 11) is 1.21. The monoisotopic (exact) mass is 210 g/mol. The molecule has 0 aliphatic rings. The zero-order valence-corrected chi connectivity index (χ0v) is 7.97. The van der Waals surface area contributed by atoms with Crippen molar-refractivity contribution in [2.24, 2.45) is 5.10 Å². The Balaban J connectivity index is 2.68. The van der Waals surface area contributed by atoms with Gasteiger partial charge in [-0.2, -0.15) is 5.10 Å². The number of phenolic OH excluding ortho intramolecular Hbond substituents is 2. The molecule has 0 aliphatic heterocycles. The molecular formula is C9H10N2O4. The summed E-state index contributed by atoms with van der Waals surface area (Å²) in [6.07, 6.45) is 0.524. The Labute approximate surface area is 85.8 Å². The van der Waals surface area contributed by atoms with Gasteiger partial charge in [-0.25, -0.2) is 10.2 Å². The van der Waals surface area contributed by atoms with E-state index in [2.05, 4.69) is 15.3 Å². The van der Waals surface area contributed by atoms with Gasteiger partial charge in [0.1, 0.15) is 11.5 Å². The van der Waals surface area contributed by atoms with Crippen LogP contribution < -0.4 is 5.43 Å². The largest absolute Gasteiger partial charge is 0.508 e. The summed E-state index contributed by atoms with van der Waals surface area (Å²) in [5.41, 5.74) is 2.42. The number of methoxy groups -OCH3 is 1. The van der Waals surface area contributed by atoms with E-state index in [1.54, 1.807) is 0 Å². The summed E-state index contributed by atoms with van der Waals surface area (Å²) < 4.78 is 4.27. The molecule has 6 nitrogen and oxygen atoms in total. The van der Waals surface area contributed by atoms with E-state index >= 15 is 0 Å². The van der Waals surface area contributed by atoms with Crippen molar-refractivity contribution in [2.45, 2.75) is 0 Å². The van der Waals surface area contributed by atoms with Crippen molar-refractivity contribution in [3.05, 3.63) is 23.8 Å². The lowest BCUT2D eigenvalue weighted by Gasteiger charge is -1.99. The minimum atomic E-state index is -0.704. The van der Waals surface area contributed by atoms with Crippen LogP contribution in [-0.4, -0.2) is 29.6 Å². The minimum Gasteiger partial charge on any atom is -0.508 e. The number of ether oxygens (including phenoxy) is 1. The Kier molecular flexibility index (Phi) is 3.50. The van der Waals surface area contributed by atoms with Crippen molar-refractivity contribution in [2.75, 3.05) is 7.11 Å². The predicted molar refractivity (Wildman–Crippen MR) is 52.9 cm³/mol. The molecule has 0 atom stereocenters. The van der Waals surface area contributed by atoms with Gasteiger partial charge in [0.15, 0.2) is 0 Å². The number of hydrogen-bond donors (Lipinski definition) is 3. The molecule has 0 aliphatic carbocycles. The van der Waals surface area contributed by atoms with Crippen molar-refractivity contribution >= 4 is 12.3 Å². The second-order valence-electron chi connectivity index (χ2n) is 2.60. The van der Waals surface area contributed by atoms with Gasteiger partial charge < -0.3 is 14.9 Å². The van der Waals surface area contributed by atoms with Crippen LogP contribution in [-0.2, 0) is 4.74 Å². The van der Waals surface area contributed by atoms with Gasteiger partial charge in [0, 0.05) is 11.6 Å². The first-order valence-corrected chi connectivity index (χ1v) is 4.02. The lowest BCUT2D eigenvalue weighted by Crippen LogP contribution is -2.16. The Hall–Kier alpha value is -2.24. The van der Waals surface area contributed by atoms with Crippen molar-refractivity contribution in [1.29, 1.82) is 0 Å². The zero-order chi connectivity index (χ0) is 11.3. The quantitative estimate of drug-likeness (QED) is 0.497. The highest BCUT2D eigenvalue weighted by atomic mass is 16.5. The highest BCUT2D eigenvalue weighted by Crippen LogP contribution is 2.20. The van der Waals surface area contributed by atoms with Gasteiger partial charge in [-0.15, -0.1) is 0 Å². The average Bonchev–Trinajstić information content (AvgIpc) is 2.21. The fourth-order valence-corrected chi connectivity index (χ4v) is 0.841. The van der Waals surface area contributed by atoms with E-state index in [4.69, 9.17) is 5.11 Å². The predicted octanol–water partition coefficient (Wildman–Crippen LogP) is 0.788. The maximum absolute atomic E-state index is 10.6. The molecule has 1 aromatic carbocycles. The van der Waals surface area contributed by atoms with E-state index < -0.39 is 6.09 Å². The maximum Gasteiger partial charge on any atom is 0.427 e. The van der Waals surface area contributed by atoms with Crippen LogP contribution in [0.5, 0.6) is 11.5 Å². The first-order valence-electron chi connectivity index (χ1n) is 4.02. The van der Waals surface area contributed by atoms with Gasteiger partial charge >= 0.3 is 6.09 Å². The topological polar surface area (TPSA) is 91.2 Å². The van der Waals surface area contributed by atoms with Crippen LogP contribution in [0.2, 0.25) is 0 Å². The first kappa shape index (κ1) is 10.8. The fourth-order valence-electron chi connectivity index (χ4n) is 0.841. The van der Waals surface area contributed by atoms with E-state index in [9.17, 15) is 9.90 Å². The number of carbonyl (C=O) groups is 1. The van der Waals surface area contributed by atoms with Gasteiger partial charge in [0.05, 0.1) is 13.3 Å². The van der Waals surface area contributed by atoms with Crippen LogP contribution in [0.1, 0.15) is 5.56 Å². The molecule has 0 saturated carbocycles. The van der Waals surface area contributed by atoms with Gasteiger partial charge in [0.25, 0.3) is 0 Å². The molecule has 0 fully saturated rings. The number of carbonyl (C=O) groups excluding carboxylic acids is 1. The molecule has 0 heterocycles. The number of hydrogen-bond acceptors (Lipinski definition) is 5. The summed E-state index contributed by atoms with van der Waals surface area (Å²) >= 11 is 0. The Morgan fingerprint density at radius 2 is 2.27 bits per heavy atom. The second-order valence-corrected chi connectivity index (χ2v) is 2.60. The van der Waals surface area contributed by atoms with Crippen LogP contribution in [0, 0.1) is 0 Å². The molecule has 15 heavy (non-hydrogen) atoms. The van der Waals surface area contributed by atoms with Gasteiger partial charge in [-0.1, -0.05) is 0 Å². The second kappa shape index (κ2) is 4.85. The lowest BCUT2D eigenvalue weighted by atomic mass is 10.2. The number of aromatic hydroxyl groups is 2. The van der Waals surface area contributed by atoms with Crippen molar-refractivity contribution in [3.8, 4) is 11.5 Å². The standard InChI is InChI=1S/C9H10N2O4/c1-15-9(14)11-10-5-6-2-3-7(12)4-8(6)13/h2-5,12-13H,1H3,(H,11,14)/b10-5+. The third-order valence-electron chi connectivity index (χ3n) is 1.56. The average molecular weight is 210 g/mol. The molecule has 0 saturated heterocycles. The third kappa shape index (κ3) is 3.18. The van der Waals surface area contributed by atoms with Crippen LogP contribution in [0.3, 0.4) is 0 Å². The highest BCUT2D eigenvalue weighted by molar-refractivity contribution is 5.84. The van der Waals surface area contributed by atoms with Gasteiger partial charge in [-0.05, 0) is 12.1 Å². The van der Waals surface area contributed by atoms with E-state index in [1.807, 2.05) is 0 Å². The van der Waals surface area contributed by atoms with E-state index in [0.29, 0.717) is 5.56 Å². The number of nitrogens with one attached hydrogen (secondary N) is 1. The molecule has 3 N–H and O–H groups in total. The third-order valence-corrected chi connectivity index (χ3v) is 1.56. The van der Waals surface area contributed by atoms with Crippen molar-refractivity contribution in [3.63, 3.8) is 0 Å². The zero-order valence-electron chi connectivity index (χ0n) is 7.97. The normalized spacial score (nSPS) is 10.2. The van der Waals surface area contributed by atoms with Crippen molar-refractivity contribution in [1.82, 2.24) is 5.43 Å². The number of amides is 1. The molecular weight excluding hydrogens is 200 g/mol. The van der Waals surface area contributed by atoms with Crippen LogP contribution >= 0.6 is 0 Å². The Morgan fingerprint density at radius 3 is 2.87 bits per heavy atom. The number of hydrazone groups is 1. The van der Waals surface area contributed by atoms with E-state index in [-0.39, 0.29) is 11.5 Å². The molecule has 0 bridgehead atoms. The molecule has 0 aromatic heterocycles. The van der Waals surface area contributed by atoms with E-state index in [1.165, 1.54) is 31.5 Å². The maximum atomic E-state index is 10.6. The molecule has 1 amide bonds. The highest BCUT2D eigenvalue weighted by Gasteiger charge is 1.99. The molecule has 80 valence electrons. The number of benzene rings is 1. The van der Waals surface area contributed by atoms with Crippen LogP contribution in [0.15, 0.2) is 23.3 Å². The summed E-state index contributed by atoms with van der Waals surface area (Å²) in [4.78, 5) is 10.6. The Morgan fingerprint density at radius 1 is 1.53 bits per heavy atom. The summed E-state index contributed by atoms with van der Waals surface area (Å²) in [5.74, 6) is -0.184. The Bertz CT molecular complexity index is 390. The summed E-state index contributed by atoms with van der Waals surface area (Å²) in [5, 5.41) is 21.8. The SMILES string of the molecule is COC(=O)N/N=C/c1ccc(O)cc1O. The molecule has 0 unspecified atom stereocenters. The van der Waals surface area contributed by atoms with Crippen LogP contribution in [0.4, 0.5) is 4.79 Å². The minimum absolute atomic E-state index is 0.0504.